The Morgan fingerprint density at radius 2 is 2.08 bits per heavy atom. The molecule has 0 aromatic heterocycles. The van der Waals surface area contributed by atoms with Gasteiger partial charge >= 0.3 is 0 Å². The molecule has 0 spiro atoms. The molecule has 0 amide bonds. The number of benzene rings is 1. The van der Waals surface area contributed by atoms with Gasteiger partial charge in [0.15, 0.2) is 0 Å². The van der Waals surface area contributed by atoms with Gasteiger partial charge in [-0.1, -0.05) is 36.4 Å². The summed E-state index contributed by atoms with van der Waals surface area (Å²) in [4.78, 5) is 0. The molecule has 1 N–H and O–H groups in total. The SMILES string of the molecule is OC1(F)CC=Cc2ccccc21. The van der Waals surface area contributed by atoms with Crippen LogP contribution in [0.25, 0.3) is 6.08 Å². The van der Waals surface area contributed by atoms with E-state index in [2.05, 4.69) is 0 Å². The Kier molecular flexibility index (Phi) is 1.51. The summed E-state index contributed by atoms with van der Waals surface area (Å²) < 4.78 is 13.4. The molecule has 0 bridgehead atoms. The minimum Gasteiger partial charge on any atom is -0.358 e. The van der Waals surface area contributed by atoms with Crippen LogP contribution in [0.3, 0.4) is 0 Å². The van der Waals surface area contributed by atoms with E-state index in [1.54, 1.807) is 24.3 Å². The third-order valence-corrected chi connectivity index (χ3v) is 2.06. The molecule has 12 heavy (non-hydrogen) atoms. The lowest BCUT2D eigenvalue weighted by atomic mass is 9.93. The van der Waals surface area contributed by atoms with Gasteiger partial charge in [-0.25, -0.2) is 4.39 Å². The molecule has 1 atom stereocenters. The summed E-state index contributed by atoms with van der Waals surface area (Å²) in [5.74, 6) is -2.18. The molecular weight excluding hydrogens is 155 g/mol. The maximum atomic E-state index is 13.4. The number of aliphatic hydroxyl groups is 1. The van der Waals surface area contributed by atoms with E-state index in [-0.39, 0.29) is 6.42 Å². The van der Waals surface area contributed by atoms with Gasteiger partial charge in [-0.3, -0.25) is 0 Å². The lowest BCUT2D eigenvalue weighted by molar-refractivity contribution is -0.0931. The van der Waals surface area contributed by atoms with E-state index in [1.165, 1.54) is 0 Å². The van der Waals surface area contributed by atoms with Gasteiger partial charge in [-0.15, -0.1) is 0 Å². The van der Waals surface area contributed by atoms with E-state index in [0.717, 1.165) is 5.56 Å². The van der Waals surface area contributed by atoms with Crippen LogP contribution < -0.4 is 0 Å². The second kappa shape index (κ2) is 2.42. The normalized spacial score (nSPS) is 26.8. The summed E-state index contributed by atoms with van der Waals surface area (Å²) in [6.07, 6.45) is 3.51. The molecule has 1 aromatic rings. The van der Waals surface area contributed by atoms with Crippen molar-refractivity contribution in [1.82, 2.24) is 0 Å². The molecule has 0 saturated heterocycles. The molecule has 1 aromatic carbocycles. The average molecular weight is 164 g/mol. The zero-order valence-electron chi connectivity index (χ0n) is 6.50. The second-order valence-electron chi connectivity index (χ2n) is 2.95. The number of fused-ring (bicyclic) bond motifs is 1. The van der Waals surface area contributed by atoms with Crippen molar-refractivity contribution in [3.8, 4) is 0 Å². The standard InChI is InChI=1S/C10H9FO/c11-10(12)7-3-5-8-4-1-2-6-9(8)10/h1-6,12H,7H2. The van der Waals surface area contributed by atoms with Gasteiger partial charge in [0, 0.05) is 12.0 Å². The lowest BCUT2D eigenvalue weighted by Crippen LogP contribution is -2.21. The number of halogens is 1. The Labute approximate surface area is 70.2 Å². The fourth-order valence-electron chi connectivity index (χ4n) is 1.44. The molecule has 62 valence electrons. The van der Waals surface area contributed by atoms with Crippen LogP contribution in [0.15, 0.2) is 30.3 Å². The highest BCUT2D eigenvalue weighted by Crippen LogP contribution is 2.34. The van der Waals surface area contributed by atoms with Gasteiger partial charge in [0.2, 0.25) is 5.85 Å². The largest absolute Gasteiger partial charge is 0.358 e. The first-order valence-electron chi connectivity index (χ1n) is 3.87. The maximum Gasteiger partial charge on any atom is 0.237 e. The Morgan fingerprint density at radius 3 is 2.83 bits per heavy atom. The van der Waals surface area contributed by atoms with Crippen LogP contribution in [0, 0.1) is 0 Å². The minimum absolute atomic E-state index is 0.0456. The summed E-state index contributed by atoms with van der Waals surface area (Å²) in [7, 11) is 0. The van der Waals surface area contributed by atoms with Crippen LogP contribution in [0.1, 0.15) is 17.5 Å². The van der Waals surface area contributed by atoms with Gasteiger partial charge in [0.25, 0.3) is 0 Å². The van der Waals surface area contributed by atoms with Crippen LogP contribution >= 0.6 is 0 Å². The van der Waals surface area contributed by atoms with Crippen LogP contribution in [0.2, 0.25) is 0 Å². The first-order valence-corrected chi connectivity index (χ1v) is 3.87. The molecule has 0 radical (unpaired) electrons. The molecule has 1 nitrogen and oxygen atoms in total. The molecule has 1 aliphatic carbocycles. The summed E-state index contributed by atoms with van der Waals surface area (Å²) in [5.41, 5.74) is 1.13. The van der Waals surface area contributed by atoms with Crippen molar-refractivity contribution < 1.29 is 9.50 Å². The highest BCUT2D eigenvalue weighted by Gasteiger charge is 2.31. The third-order valence-electron chi connectivity index (χ3n) is 2.06. The monoisotopic (exact) mass is 164 g/mol. The van der Waals surface area contributed by atoms with E-state index < -0.39 is 5.85 Å². The quantitative estimate of drug-likeness (QED) is 0.623. The molecule has 2 heteroatoms. The highest BCUT2D eigenvalue weighted by atomic mass is 19.2. The first kappa shape index (κ1) is 7.50. The number of hydrogen-bond donors (Lipinski definition) is 1. The molecule has 1 aliphatic rings. The number of hydrogen-bond acceptors (Lipinski definition) is 1. The molecule has 0 heterocycles. The van der Waals surface area contributed by atoms with Crippen molar-refractivity contribution >= 4 is 6.08 Å². The molecule has 0 fully saturated rings. The van der Waals surface area contributed by atoms with Crippen LogP contribution in [0.5, 0.6) is 0 Å². The zero-order chi connectivity index (χ0) is 8.60. The molecular formula is C10H9FO. The number of alkyl halides is 1. The summed E-state index contributed by atoms with van der Waals surface area (Å²) in [6.45, 7) is 0. The Hall–Kier alpha value is -1.15. The summed E-state index contributed by atoms with van der Waals surface area (Å²) in [5, 5.41) is 9.31. The highest BCUT2D eigenvalue weighted by molar-refractivity contribution is 5.57. The van der Waals surface area contributed by atoms with Crippen LogP contribution in [0.4, 0.5) is 4.39 Å². The van der Waals surface area contributed by atoms with Gasteiger partial charge in [0.1, 0.15) is 0 Å². The minimum atomic E-state index is -2.18. The van der Waals surface area contributed by atoms with Gasteiger partial charge in [-0.05, 0) is 5.56 Å². The van der Waals surface area contributed by atoms with E-state index in [9.17, 15) is 9.50 Å². The van der Waals surface area contributed by atoms with Gasteiger partial charge < -0.3 is 5.11 Å². The van der Waals surface area contributed by atoms with Gasteiger partial charge in [-0.2, -0.15) is 0 Å². The molecule has 2 rings (SSSR count). The fraction of sp³-hybridized carbons (Fsp3) is 0.200. The van der Waals surface area contributed by atoms with E-state index >= 15 is 0 Å². The van der Waals surface area contributed by atoms with Crippen LogP contribution in [-0.2, 0) is 5.85 Å². The summed E-state index contributed by atoms with van der Waals surface area (Å²) >= 11 is 0. The Bertz CT molecular complexity index is 328. The predicted octanol–water partition coefficient (Wildman–Crippen LogP) is 2.22. The Morgan fingerprint density at radius 1 is 1.33 bits per heavy atom. The smallest absolute Gasteiger partial charge is 0.237 e. The fourth-order valence-corrected chi connectivity index (χ4v) is 1.44. The zero-order valence-corrected chi connectivity index (χ0v) is 6.50. The third kappa shape index (κ3) is 1.04. The van der Waals surface area contributed by atoms with E-state index in [1.807, 2.05) is 12.1 Å². The average Bonchev–Trinajstić information content (AvgIpc) is 2.04. The van der Waals surface area contributed by atoms with E-state index in [0.29, 0.717) is 5.56 Å². The maximum absolute atomic E-state index is 13.4. The van der Waals surface area contributed by atoms with Crippen LogP contribution in [-0.4, -0.2) is 5.11 Å². The second-order valence-corrected chi connectivity index (χ2v) is 2.95. The molecule has 0 saturated carbocycles. The molecule has 0 aliphatic heterocycles. The van der Waals surface area contributed by atoms with Crippen molar-refractivity contribution in [3.05, 3.63) is 41.5 Å². The summed E-state index contributed by atoms with van der Waals surface area (Å²) in [6, 6.07) is 6.95. The van der Waals surface area contributed by atoms with Crippen molar-refractivity contribution in [3.63, 3.8) is 0 Å². The number of rotatable bonds is 0. The topological polar surface area (TPSA) is 20.2 Å². The Balaban J connectivity index is 2.60. The van der Waals surface area contributed by atoms with Crippen molar-refractivity contribution in [2.45, 2.75) is 12.3 Å². The van der Waals surface area contributed by atoms with Gasteiger partial charge in [0.05, 0.1) is 0 Å². The van der Waals surface area contributed by atoms with Crippen molar-refractivity contribution in [2.75, 3.05) is 0 Å². The lowest BCUT2D eigenvalue weighted by Gasteiger charge is -2.22. The predicted molar refractivity (Wildman–Crippen MR) is 45.1 cm³/mol. The van der Waals surface area contributed by atoms with Crippen molar-refractivity contribution in [2.24, 2.45) is 0 Å². The van der Waals surface area contributed by atoms with Crippen molar-refractivity contribution in [1.29, 1.82) is 0 Å². The first-order chi connectivity index (χ1) is 5.70. The molecule has 1 unspecified atom stereocenters. The van der Waals surface area contributed by atoms with E-state index in [4.69, 9.17) is 0 Å².